The molecule has 0 aromatic heterocycles. The molecule has 0 saturated heterocycles. The Hall–Kier alpha value is -2.25. The first-order chi connectivity index (χ1) is 9.59. The molecule has 6 nitrogen and oxygen atoms in total. The van der Waals surface area contributed by atoms with Gasteiger partial charge in [-0.2, -0.15) is 8.42 Å². The number of carbonyl (C=O) groups is 2. The van der Waals surface area contributed by atoms with E-state index in [-0.39, 0.29) is 18.0 Å². The van der Waals surface area contributed by atoms with Crippen molar-refractivity contribution in [2.75, 3.05) is 6.26 Å². The Morgan fingerprint density at radius 3 is 2.19 bits per heavy atom. The van der Waals surface area contributed by atoms with E-state index in [1.54, 1.807) is 24.3 Å². The largest absolute Gasteiger partial charge is 0.402 e. The van der Waals surface area contributed by atoms with E-state index < -0.39 is 10.1 Å². The standard InChI is InChI=1S/C13H11NO2.CH4O3S/c1-8(14)6-9-7-12(15)10-4-2-3-5-11(10)13(9)16;1-5(2,3)4/h2-5,7H,1,6,14H2;1H3,(H,2,3,4). The molecule has 0 bridgehead atoms. The zero-order chi connectivity index (χ0) is 16.2. The zero-order valence-electron chi connectivity index (χ0n) is 11.4. The molecule has 1 aromatic carbocycles. The van der Waals surface area contributed by atoms with Gasteiger partial charge in [0.2, 0.25) is 0 Å². The Kier molecular flexibility index (Phi) is 5.17. The maximum atomic E-state index is 12.0. The van der Waals surface area contributed by atoms with Gasteiger partial charge in [-0.05, 0) is 6.08 Å². The third-order valence-corrected chi connectivity index (χ3v) is 2.45. The van der Waals surface area contributed by atoms with Crippen LogP contribution in [-0.4, -0.2) is 30.8 Å². The third-order valence-electron chi connectivity index (χ3n) is 2.45. The lowest BCUT2D eigenvalue weighted by Crippen LogP contribution is -2.18. The summed E-state index contributed by atoms with van der Waals surface area (Å²) in [5, 5.41) is 0. The molecule has 0 spiro atoms. The molecule has 1 aliphatic carbocycles. The second-order valence-electron chi connectivity index (χ2n) is 4.48. The molecule has 2 rings (SSSR count). The van der Waals surface area contributed by atoms with Gasteiger partial charge < -0.3 is 5.73 Å². The highest BCUT2D eigenvalue weighted by Crippen LogP contribution is 2.23. The predicted octanol–water partition coefficient (Wildman–Crippen LogP) is 1.36. The number of hydrogen-bond donors (Lipinski definition) is 2. The lowest BCUT2D eigenvalue weighted by molar-refractivity contribution is 0.0982. The summed E-state index contributed by atoms with van der Waals surface area (Å²) < 4.78 is 25.9. The van der Waals surface area contributed by atoms with Crippen molar-refractivity contribution < 1.29 is 22.6 Å². The molecule has 0 heterocycles. The molecule has 112 valence electrons. The average Bonchev–Trinajstić information content (AvgIpc) is 2.33. The van der Waals surface area contributed by atoms with Crippen LogP contribution < -0.4 is 5.73 Å². The minimum absolute atomic E-state index is 0.137. The maximum Gasteiger partial charge on any atom is 0.261 e. The third kappa shape index (κ3) is 5.33. The fourth-order valence-electron chi connectivity index (χ4n) is 1.75. The van der Waals surface area contributed by atoms with E-state index in [9.17, 15) is 18.0 Å². The number of carbonyl (C=O) groups excluding carboxylic acids is 2. The number of hydrogen-bond acceptors (Lipinski definition) is 5. The van der Waals surface area contributed by atoms with Crippen LogP contribution in [0.1, 0.15) is 27.1 Å². The number of Topliss-reactive ketones (excluding diaryl/α,β-unsaturated/α-hetero) is 1. The molecule has 1 aliphatic rings. The van der Waals surface area contributed by atoms with Crippen LogP contribution in [0.4, 0.5) is 0 Å². The van der Waals surface area contributed by atoms with Gasteiger partial charge in [0, 0.05) is 28.8 Å². The van der Waals surface area contributed by atoms with Gasteiger partial charge in [-0.1, -0.05) is 30.8 Å². The van der Waals surface area contributed by atoms with Gasteiger partial charge in [-0.15, -0.1) is 0 Å². The van der Waals surface area contributed by atoms with E-state index in [0.717, 1.165) is 0 Å². The lowest BCUT2D eigenvalue weighted by Gasteiger charge is -2.14. The van der Waals surface area contributed by atoms with Gasteiger partial charge in [0.25, 0.3) is 10.1 Å². The van der Waals surface area contributed by atoms with Crippen LogP contribution >= 0.6 is 0 Å². The monoisotopic (exact) mass is 309 g/mol. The van der Waals surface area contributed by atoms with E-state index in [4.69, 9.17) is 10.3 Å². The van der Waals surface area contributed by atoms with Crippen molar-refractivity contribution in [3.05, 3.63) is 59.3 Å². The van der Waals surface area contributed by atoms with E-state index in [1.165, 1.54) is 6.08 Å². The Morgan fingerprint density at radius 1 is 1.24 bits per heavy atom. The Labute approximate surface area is 122 Å². The van der Waals surface area contributed by atoms with E-state index >= 15 is 0 Å². The zero-order valence-corrected chi connectivity index (χ0v) is 12.2. The fourth-order valence-corrected chi connectivity index (χ4v) is 1.75. The topological polar surface area (TPSA) is 115 Å². The summed E-state index contributed by atoms with van der Waals surface area (Å²) in [6.45, 7) is 3.54. The van der Waals surface area contributed by atoms with E-state index in [2.05, 4.69) is 6.58 Å². The normalized spacial score (nSPS) is 13.7. The molecule has 0 saturated carbocycles. The van der Waals surface area contributed by atoms with Crippen LogP contribution in [0.25, 0.3) is 0 Å². The SMILES string of the molecule is C=C(N)CC1=CC(=O)c2ccccc2C1=O.CS(=O)(=O)O. The summed E-state index contributed by atoms with van der Waals surface area (Å²) in [4.78, 5) is 23.7. The molecule has 0 unspecified atom stereocenters. The molecule has 21 heavy (non-hydrogen) atoms. The maximum absolute atomic E-state index is 12.0. The average molecular weight is 309 g/mol. The summed E-state index contributed by atoms with van der Waals surface area (Å²) in [7, 11) is -3.67. The van der Waals surface area contributed by atoms with Gasteiger partial charge in [-0.3, -0.25) is 14.1 Å². The number of rotatable bonds is 2. The minimum Gasteiger partial charge on any atom is -0.402 e. The lowest BCUT2D eigenvalue weighted by atomic mass is 9.88. The second-order valence-corrected chi connectivity index (χ2v) is 5.94. The van der Waals surface area contributed by atoms with Crippen LogP contribution in [0, 0.1) is 0 Å². The number of ketones is 2. The summed E-state index contributed by atoms with van der Waals surface area (Å²) in [6.07, 6.45) is 2.31. The number of fused-ring (bicyclic) bond motifs is 1. The van der Waals surface area contributed by atoms with E-state index in [0.29, 0.717) is 28.7 Å². The molecule has 0 aliphatic heterocycles. The number of nitrogens with two attached hydrogens (primary N) is 1. The minimum atomic E-state index is -3.67. The highest BCUT2D eigenvalue weighted by molar-refractivity contribution is 7.85. The Morgan fingerprint density at radius 2 is 1.71 bits per heavy atom. The van der Waals surface area contributed by atoms with Gasteiger partial charge in [0.15, 0.2) is 11.6 Å². The van der Waals surface area contributed by atoms with Gasteiger partial charge in [0.05, 0.1) is 6.26 Å². The molecular formula is C14H15NO5S. The van der Waals surface area contributed by atoms with Gasteiger partial charge in [0.1, 0.15) is 0 Å². The first-order valence-electron chi connectivity index (χ1n) is 5.84. The van der Waals surface area contributed by atoms with Crippen LogP contribution in [0.5, 0.6) is 0 Å². The molecule has 3 N–H and O–H groups in total. The van der Waals surface area contributed by atoms with Crippen LogP contribution in [0.2, 0.25) is 0 Å². The van der Waals surface area contributed by atoms with Crippen LogP contribution in [-0.2, 0) is 10.1 Å². The quantitative estimate of drug-likeness (QED) is 0.797. The van der Waals surface area contributed by atoms with Crippen molar-refractivity contribution in [2.24, 2.45) is 5.73 Å². The smallest absolute Gasteiger partial charge is 0.261 e. The van der Waals surface area contributed by atoms with Gasteiger partial charge >= 0.3 is 0 Å². The highest BCUT2D eigenvalue weighted by atomic mass is 32.2. The first-order valence-corrected chi connectivity index (χ1v) is 7.68. The van der Waals surface area contributed by atoms with Crippen molar-refractivity contribution in [1.29, 1.82) is 0 Å². The fraction of sp³-hybridized carbons (Fsp3) is 0.143. The number of allylic oxidation sites excluding steroid dienone is 2. The molecule has 0 fully saturated rings. The van der Waals surface area contributed by atoms with Crippen molar-refractivity contribution in [2.45, 2.75) is 6.42 Å². The first kappa shape index (κ1) is 16.8. The number of benzene rings is 1. The van der Waals surface area contributed by atoms with Crippen LogP contribution in [0.3, 0.4) is 0 Å². The molecular weight excluding hydrogens is 294 g/mol. The van der Waals surface area contributed by atoms with Crippen molar-refractivity contribution in [1.82, 2.24) is 0 Å². The highest BCUT2D eigenvalue weighted by Gasteiger charge is 2.24. The molecule has 0 amide bonds. The summed E-state index contributed by atoms with van der Waals surface area (Å²) in [5.41, 5.74) is 7.15. The molecule has 1 aromatic rings. The molecule has 0 atom stereocenters. The van der Waals surface area contributed by atoms with Crippen LogP contribution in [0.15, 0.2) is 48.2 Å². The second kappa shape index (κ2) is 6.47. The summed E-state index contributed by atoms with van der Waals surface area (Å²) in [6, 6.07) is 6.79. The van der Waals surface area contributed by atoms with E-state index in [1.807, 2.05) is 0 Å². The summed E-state index contributed by atoms with van der Waals surface area (Å²) in [5.74, 6) is -0.284. The van der Waals surface area contributed by atoms with Crippen molar-refractivity contribution in [3.63, 3.8) is 0 Å². The Balaban J connectivity index is 0.000000383. The van der Waals surface area contributed by atoms with Crippen molar-refractivity contribution >= 4 is 21.7 Å². The molecule has 0 radical (unpaired) electrons. The molecule has 7 heteroatoms. The predicted molar refractivity (Wildman–Crippen MR) is 78.6 cm³/mol. The Bertz CT molecular complexity index is 723. The summed E-state index contributed by atoms with van der Waals surface area (Å²) >= 11 is 0. The van der Waals surface area contributed by atoms with Crippen molar-refractivity contribution in [3.8, 4) is 0 Å². The van der Waals surface area contributed by atoms with Gasteiger partial charge in [-0.25, -0.2) is 0 Å².